The molecule has 0 radical (unpaired) electrons. The smallest absolute Gasteiger partial charge is 0.202 e. The van der Waals surface area contributed by atoms with Crippen molar-refractivity contribution >= 4 is 16.7 Å². The van der Waals surface area contributed by atoms with E-state index in [9.17, 15) is 0 Å². The Bertz CT molecular complexity index is 363. The zero-order valence-corrected chi connectivity index (χ0v) is 12.2. The van der Waals surface area contributed by atoms with Gasteiger partial charge in [-0.1, -0.05) is 13.8 Å². The van der Waals surface area contributed by atoms with Crippen LogP contribution in [0.4, 0.5) is 5.13 Å². The van der Waals surface area contributed by atoms with Gasteiger partial charge in [-0.05, 0) is 6.92 Å². The van der Waals surface area contributed by atoms with Crippen LogP contribution in [0.2, 0.25) is 0 Å². The Hall–Kier alpha value is -0.720. The van der Waals surface area contributed by atoms with E-state index in [0.717, 1.165) is 43.8 Å². The van der Waals surface area contributed by atoms with Gasteiger partial charge >= 0.3 is 0 Å². The number of nitrogens with one attached hydrogen (secondary N) is 1. The van der Waals surface area contributed by atoms with Crippen molar-refractivity contribution in [3.8, 4) is 0 Å². The number of morpholine rings is 1. The molecule has 102 valence electrons. The summed E-state index contributed by atoms with van der Waals surface area (Å²) in [6.07, 6.45) is 0. The zero-order chi connectivity index (χ0) is 13.0. The Balaban J connectivity index is 1.80. The second kappa shape index (κ2) is 6.45. The molecule has 0 bridgehead atoms. The molecule has 2 heterocycles. The molecule has 1 saturated heterocycles. The number of hydrogen-bond donors (Lipinski definition) is 1. The Morgan fingerprint density at radius 1 is 1.33 bits per heavy atom. The van der Waals surface area contributed by atoms with Gasteiger partial charge in [-0.15, -0.1) is 0 Å². The summed E-state index contributed by atoms with van der Waals surface area (Å²) >= 11 is 1.45. The van der Waals surface area contributed by atoms with Crippen molar-refractivity contribution in [3.63, 3.8) is 0 Å². The van der Waals surface area contributed by atoms with Crippen LogP contribution < -0.4 is 5.32 Å². The molecule has 1 aliphatic rings. The van der Waals surface area contributed by atoms with Gasteiger partial charge in [0.2, 0.25) is 5.13 Å². The van der Waals surface area contributed by atoms with Crippen LogP contribution in [-0.4, -0.2) is 53.1 Å². The fraction of sp³-hybridized carbons (Fsp3) is 0.833. The van der Waals surface area contributed by atoms with Crippen LogP contribution in [0.5, 0.6) is 0 Å². The molecule has 1 unspecified atom stereocenters. The molecular formula is C12H22N4OS. The molecule has 0 saturated carbocycles. The second-order valence-electron chi connectivity index (χ2n) is 5.07. The number of nitrogens with zero attached hydrogens (tertiary/aromatic N) is 3. The van der Waals surface area contributed by atoms with Crippen molar-refractivity contribution in [2.45, 2.75) is 32.7 Å². The van der Waals surface area contributed by atoms with Gasteiger partial charge in [-0.2, -0.15) is 4.37 Å². The van der Waals surface area contributed by atoms with E-state index in [4.69, 9.17) is 4.74 Å². The first-order valence-corrected chi connectivity index (χ1v) is 7.32. The predicted molar refractivity (Wildman–Crippen MR) is 74.3 cm³/mol. The van der Waals surface area contributed by atoms with Crippen molar-refractivity contribution in [2.75, 3.05) is 38.2 Å². The van der Waals surface area contributed by atoms with Gasteiger partial charge in [0.15, 0.2) is 0 Å². The molecule has 1 atom stereocenters. The lowest BCUT2D eigenvalue weighted by molar-refractivity contribution is 0.0368. The minimum atomic E-state index is 0.385. The highest BCUT2D eigenvalue weighted by atomic mass is 32.1. The third-order valence-electron chi connectivity index (χ3n) is 2.96. The van der Waals surface area contributed by atoms with Gasteiger partial charge in [0.1, 0.15) is 5.82 Å². The molecule has 0 aliphatic carbocycles. The van der Waals surface area contributed by atoms with Crippen LogP contribution >= 0.6 is 11.5 Å². The maximum absolute atomic E-state index is 5.35. The first kappa shape index (κ1) is 13.7. The summed E-state index contributed by atoms with van der Waals surface area (Å²) < 4.78 is 9.70. The maximum Gasteiger partial charge on any atom is 0.202 e. The minimum absolute atomic E-state index is 0.385. The molecule has 1 N–H and O–H groups in total. The van der Waals surface area contributed by atoms with Gasteiger partial charge in [-0.3, -0.25) is 4.90 Å². The molecule has 2 rings (SSSR count). The fourth-order valence-electron chi connectivity index (χ4n) is 1.96. The fourth-order valence-corrected chi connectivity index (χ4v) is 2.78. The number of aromatic nitrogens is 2. The lowest BCUT2D eigenvalue weighted by atomic mass is 10.2. The molecular weight excluding hydrogens is 248 g/mol. The molecule has 1 fully saturated rings. The molecule has 6 heteroatoms. The number of hydrogen-bond acceptors (Lipinski definition) is 6. The van der Waals surface area contributed by atoms with Gasteiger partial charge in [-0.25, -0.2) is 4.98 Å². The highest BCUT2D eigenvalue weighted by Gasteiger charge is 2.15. The molecule has 5 nitrogen and oxygen atoms in total. The highest BCUT2D eigenvalue weighted by Crippen LogP contribution is 2.18. The van der Waals surface area contributed by atoms with E-state index in [1.165, 1.54) is 11.5 Å². The molecule has 1 aromatic heterocycles. The Morgan fingerprint density at radius 3 is 2.67 bits per heavy atom. The second-order valence-corrected chi connectivity index (χ2v) is 5.82. The topological polar surface area (TPSA) is 50.3 Å². The van der Waals surface area contributed by atoms with Gasteiger partial charge < -0.3 is 10.1 Å². The lowest BCUT2D eigenvalue weighted by Gasteiger charge is -2.29. The SMILES string of the molecule is CC(CN1CCOCC1)Nc1nc(C(C)C)ns1. The summed E-state index contributed by atoms with van der Waals surface area (Å²) in [6.45, 7) is 11.2. The third-order valence-corrected chi connectivity index (χ3v) is 3.62. The molecule has 18 heavy (non-hydrogen) atoms. The predicted octanol–water partition coefficient (Wildman–Crippen LogP) is 1.79. The summed E-state index contributed by atoms with van der Waals surface area (Å²) in [5.74, 6) is 1.33. The molecule has 1 aromatic rings. The van der Waals surface area contributed by atoms with Gasteiger partial charge in [0.05, 0.1) is 13.2 Å². The first-order valence-electron chi connectivity index (χ1n) is 6.55. The largest absolute Gasteiger partial charge is 0.379 e. The van der Waals surface area contributed by atoms with Crippen LogP contribution in [0.3, 0.4) is 0 Å². The van der Waals surface area contributed by atoms with E-state index < -0.39 is 0 Å². The summed E-state index contributed by atoms with van der Waals surface area (Å²) in [5, 5.41) is 4.36. The normalized spacial score (nSPS) is 19.1. The summed E-state index contributed by atoms with van der Waals surface area (Å²) in [5.41, 5.74) is 0. The van der Waals surface area contributed by atoms with Crippen LogP contribution in [0, 0.1) is 0 Å². The Kier molecular flexibility index (Phi) is 4.91. The number of anilines is 1. The standard InChI is InChI=1S/C12H22N4OS/c1-9(2)11-14-12(18-15-11)13-10(3)8-16-4-6-17-7-5-16/h9-10H,4-8H2,1-3H3,(H,13,14,15). The minimum Gasteiger partial charge on any atom is -0.379 e. The van der Waals surface area contributed by atoms with Crippen molar-refractivity contribution in [1.82, 2.24) is 14.3 Å². The van der Waals surface area contributed by atoms with Crippen molar-refractivity contribution in [2.24, 2.45) is 0 Å². The van der Waals surface area contributed by atoms with Crippen LogP contribution in [0.15, 0.2) is 0 Å². The van der Waals surface area contributed by atoms with E-state index in [1.807, 2.05) is 0 Å². The average Bonchev–Trinajstić information content (AvgIpc) is 2.78. The quantitative estimate of drug-likeness (QED) is 0.884. The average molecular weight is 270 g/mol. The first-order chi connectivity index (χ1) is 8.65. The van der Waals surface area contributed by atoms with Gasteiger partial charge in [0, 0.05) is 43.1 Å². The Labute approximate surface area is 113 Å². The molecule has 0 amide bonds. The highest BCUT2D eigenvalue weighted by molar-refractivity contribution is 7.09. The van der Waals surface area contributed by atoms with Crippen molar-refractivity contribution < 1.29 is 4.74 Å². The number of ether oxygens (including phenoxy) is 1. The summed E-state index contributed by atoms with van der Waals surface area (Å²) in [7, 11) is 0. The summed E-state index contributed by atoms with van der Waals surface area (Å²) in [4.78, 5) is 6.92. The van der Waals surface area contributed by atoms with E-state index in [2.05, 4.69) is 40.3 Å². The monoisotopic (exact) mass is 270 g/mol. The molecule has 0 spiro atoms. The Morgan fingerprint density at radius 2 is 2.06 bits per heavy atom. The van der Waals surface area contributed by atoms with E-state index in [-0.39, 0.29) is 0 Å². The van der Waals surface area contributed by atoms with E-state index >= 15 is 0 Å². The van der Waals surface area contributed by atoms with Crippen molar-refractivity contribution in [1.29, 1.82) is 0 Å². The van der Waals surface area contributed by atoms with E-state index in [0.29, 0.717) is 12.0 Å². The zero-order valence-electron chi connectivity index (χ0n) is 11.3. The van der Waals surface area contributed by atoms with E-state index in [1.54, 1.807) is 0 Å². The van der Waals surface area contributed by atoms with Crippen molar-refractivity contribution in [3.05, 3.63) is 5.82 Å². The van der Waals surface area contributed by atoms with Crippen LogP contribution in [0.1, 0.15) is 32.5 Å². The van der Waals surface area contributed by atoms with Crippen LogP contribution in [-0.2, 0) is 4.74 Å². The lowest BCUT2D eigenvalue weighted by Crippen LogP contribution is -2.42. The van der Waals surface area contributed by atoms with Gasteiger partial charge in [0.25, 0.3) is 0 Å². The maximum atomic E-state index is 5.35. The number of rotatable bonds is 5. The third kappa shape index (κ3) is 3.90. The molecule has 0 aromatic carbocycles. The van der Waals surface area contributed by atoms with Crippen LogP contribution in [0.25, 0.3) is 0 Å². The molecule has 1 aliphatic heterocycles. The summed E-state index contributed by atoms with van der Waals surface area (Å²) in [6, 6.07) is 0.385.